The lowest BCUT2D eigenvalue weighted by molar-refractivity contribution is -0.141. The maximum atomic E-state index is 12.5. The Morgan fingerprint density at radius 3 is 2.79 bits per heavy atom. The van der Waals surface area contributed by atoms with Crippen LogP contribution in [0.2, 0.25) is 0 Å². The number of fused-ring (bicyclic) bond motifs is 1. The predicted molar refractivity (Wildman–Crippen MR) is 83.9 cm³/mol. The van der Waals surface area contributed by atoms with Crippen LogP contribution < -0.4 is 10.9 Å². The van der Waals surface area contributed by atoms with Crippen molar-refractivity contribution < 1.29 is 13.2 Å². The Hall–Kier alpha value is -2.25. The van der Waals surface area contributed by atoms with Gasteiger partial charge in [0.05, 0.1) is 17.9 Å². The highest BCUT2D eigenvalue weighted by molar-refractivity contribution is 5.42. The molecule has 0 saturated heterocycles. The van der Waals surface area contributed by atoms with Gasteiger partial charge in [-0.3, -0.25) is 9.48 Å². The van der Waals surface area contributed by atoms with E-state index in [0.717, 1.165) is 43.3 Å². The van der Waals surface area contributed by atoms with Gasteiger partial charge in [0.2, 0.25) is 0 Å². The fraction of sp³-hybridized carbons (Fsp3) is 0.500. The van der Waals surface area contributed by atoms with E-state index in [9.17, 15) is 18.0 Å². The van der Waals surface area contributed by atoms with E-state index in [1.54, 1.807) is 4.68 Å². The second-order valence-corrected chi connectivity index (χ2v) is 6.03. The maximum absolute atomic E-state index is 12.5. The zero-order valence-corrected chi connectivity index (χ0v) is 13.4. The average molecular weight is 340 g/mol. The van der Waals surface area contributed by atoms with Crippen molar-refractivity contribution in [3.05, 3.63) is 45.6 Å². The van der Waals surface area contributed by atoms with Crippen molar-refractivity contribution in [2.75, 3.05) is 5.32 Å². The lowest BCUT2D eigenvalue weighted by Gasteiger charge is -2.14. The SMILES string of the molecule is Cn1nc2c(c1CNc1cccn(CC(F)(F)F)c1=O)CCCC2. The number of nitrogens with zero attached hydrogens (tertiary/aromatic N) is 3. The number of anilines is 1. The van der Waals surface area contributed by atoms with Gasteiger partial charge >= 0.3 is 6.18 Å². The summed E-state index contributed by atoms with van der Waals surface area (Å²) in [5.41, 5.74) is 2.75. The van der Waals surface area contributed by atoms with Gasteiger partial charge < -0.3 is 9.88 Å². The van der Waals surface area contributed by atoms with E-state index < -0.39 is 18.3 Å². The topological polar surface area (TPSA) is 51.9 Å². The summed E-state index contributed by atoms with van der Waals surface area (Å²) in [4.78, 5) is 12.2. The normalized spacial score (nSPS) is 14.5. The number of halogens is 3. The van der Waals surface area contributed by atoms with Crippen molar-refractivity contribution in [3.63, 3.8) is 0 Å². The van der Waals surface area contributed by atoms with E-state index in [4.69, 9.17) is 0 Å². The smallest absolute Gasteiger partial charge is 0.375 e. The number of rotatable bonds is 4. The molecule has 0 saturated carbocycles. The second-order valence-electron chi connectivity index (χ2n) is 6.03. The first-order chi connectivity index (χ1) is 11.3. The molecule has 0 spiro atoms. The van der Waals surface area contributed by atoms with Gasteiger partial charge in [-0.1, -0.05) is 0 Å². The summed E-state index contributed by atoms with van der Waals surface area (Å²) in [6.07, 6.45) is 0.851. The summed E-state index contributed by atoms with van der Waals surface area (Å²) in [5.74, 6) is 0. The van der Waals surface area contributed by atoms with Crippen LogP contribution in [0.4, 0.5) is 18.9 Å². The van der Waals surface area contributed by atoms with Crippen molar-refractivity contribution in [3.8, 4) is 0 Å². The Labute approximate surface area is 137 Å². The average Bonchev–Trinajstić information content (AvgIpc) is 2.82. The van der Waals surface area contributed by atoms with E-state index in [2.05, 4.69) is 10.4 Å². The van der Waals surface area contributed by atoms with Crippen LogP contribution in [0, 0.1) is 0 Å². The van der Waals surface area contributed by atoms with Gasteiger partial charge in [-0.05, 0) is 43.4 Å². The minimum Gasteiger partial charge on any atom is -0.375 e. The van der Waals surface area contributed by atoms with Crippen LogP contribution in [0.3, 0.4) is 0 Å². The molecule has 0 aromatic carbocycles. The minimum absolute atomic E-state index is 0.160. The summed E-state index contributed by atoms with van der Waals surface area (Å²) in [6, 6.07) is 2.94. The standard InChI is InChI=1S/C16H19F3N4O/c1-22-14(11-5-2-3-6-12(11)21-22)9-20-13-7-4-8-23(15(13)24)10-16(17,18)19/h4,7-8,20H,2-3,5-6,9-10H2,1H3. The summed E-state index contributed by atoms with van der Waals surface area (Å²) in [7, 11) is 1.85. The van der Waals surface area contributed by atoms with Crippen LogP contribution in [0.25, 0.3) is 0 Å². The quantitative estimate of drug-likeness (QED) is 0.931. The Bertz CT molecular complexity index is 792. The molecule has 24 heavy (non-hydrogen) atoms. The molecule has 1 aliphatic carbocycles. The van der Waals surface area contributed by atoms with Crippen LogP contribution in [0.15, 0.2) is 23.1 Å². The van der Waals surface area contributed by atoms with E-state index in [1.807, 2.05) is 7.05 Å². The van der Waals surface area contributed by atoms with Crippen molar-refractivity contribution in [1.82, 2.24) is 14.3 Å². The summed E-state index contributed by atoms with van der Waals surface area (Å²) < 4.78 is 40.0. The molecule has 0 amide bonds. The molecular formula is C16H19F3N4O. The number of hydrogen-bond donors (Lipinski definition) is 1. The van der Waals surface area contributed by atoms with Crippen LogP contribution in [-0.2, 0) is 33.0 Å². The summed E-state index contributed by atoms with van der Waals surface area (Å²) in [5, 5.41) is 7.47. The monoisotopic (exact) mass is 340 g/mol. The summed E-state index contributed by atoms with van der Waals surface area (Å²) in [6.45, 7) is -0.924. The van der Waals surface area contributed by atoms with Crippen LogP contribution >= 0.6 is 0 Å². The third kappa shape index (κ3) is 3.47. The first-order valence-electron chi connectivity index (χ1n) is 7.89. The number of pyridine rings is 1. The number of aryl methyl sites for hydroxylation is 2. The van der Waals surface area contributed by atoms with Gasteiger partial charge in [-0.2, -0.15) is 18.3 Å². The molecule has 0 radical (unpaired) electrons. The maximum Gasteiger partial charge on any atom is 0.406 e. The molecule has 3 rings (SSSR count). The molecule has 0 bridgehead atoms. The minimum atomic E-state index is -4.43. The van der Waals surface area contributed by atoms with Crippen LogP contribution in [-0.4, -0.2) is 20.5 Å². The van der Waals surface area contributed by atoms with E-state index in [0.29, 0.717) is 11.1 Å². The van der Waals surface area contributed by atoms with Crippen molar-refractivity contribution in [2.45, 2.75) is 44.9 Å². The van der Waals surface area contributed by atoms with Gasteiger partial charge in [0.15, 0.2) is 0 Å². The zero-order valence-electron chi connectivity index (χ0n) is 13.4. The molecule has 2 aromatic rings. The first-order valence-corrected chi connectivity index (χ1v) is 7.89. The van der Waals surface area contributed by atoms with Gasteiger partial charge in [0.1, 0.15) is 12.2 Å². The zero-order chi connectivity index (χ0) is 17.3. The van der Waals surface area contributed by atoms with Gasteiger partial charge in [0, 0.05) is 13.2 Å². The van der Waals surface area contributed by atoms with Crippen molar-refractivity contribution in [1.29, 1.82) is 0 Å². The van der Waals surface area contributed by atoms with E-state index in [-0.39, 0.29) is 5.69 Å². The number of aromatic nitrogens is 3. The van der Waals surface area contributed by atoms with Gasteiger partial charge in [-0.15, -0.1) is 0 Å². The molecule has 0 aliphatic heterocycles. The molecule has 1 aliphatic rings. The van der Waals surface area contributed by atoms with Gasteiger partial charge in [-0.25, -0.2) is 0 Å². The van der Waals surface area contributed by atoms with Crippen LogP contribution in [0.1, 0.15) is 29.8 Å². The van der Waals surface area contributed by atoms with E-state index >= 15 is 0 Å². The predicted octanol–water partition coefficient (Wildman–Crippen LogP) is 2.64. The molecule has 0 atom stereocenters. The van der Waals surface area contributed by atoms with Crippen molar-refractivity contribution in [2.24, 2.45) is 7.05 Å². The highest BCUT2D eigenvalue weighted by Crippen LogP contribution is 2.24. The molecule has 8 heteroatoms. The third-order valence-corrected chi connectivity index (χ3v) is 4.26. The second kappa shape index (κ2) is 6.33. The van der Waals surface area contributed by atoms with Crippen LogP contribution in [0.5, 0.6) is 0 Å². The Kier molecular flexibility index (Phi) is 4.38. The molecular weight excluding hydrogens is 321 g/mol. The molecule has 5 nitrogen and oxygen atoms in total. The number of nitrogens with one attached hydrogen (secondary N) is 1. The number of alkyl halides is 3. The molecule has 0 fully saturated rings. The number of hydrogen-bond acceptors (Lipinski definition) is 3. The largest absolute Gasteiger partial charge is 0.406 e. The Morgan fingerprint density at radius 2 is 2.04 bits per heavy atom. The molecule has 130 valence electrons. The molecule has 0 unspecified atom stereocenters. The fourth-order valence-corrected chi connectivity index (χ4v) is 3.14. The lowest BCUT2D eigenvalue weighted by atomic mass is 9.96. The Balaban J connectivity index is 1.80. The highest BCUT2D eigenvalue weighted by Gasteiger charge is 2.28. The van der Waals surface area contributed by atoms with Crippen molar-refractivity contribution >= 4 is 5.69 Å². The molecule has 2 heterocycles. The fourth-order valence-electron chi connectivity index (χ4n) is 3.14. The molecule has 1 N–H and O–H groups in total. The first kappa shape index (κ1) is 16.6. The third-order valence-electron chi connectivity index (χ3n) is 4.26. The van der Waals surface area contributed by atoms with Gasteiger partial charge in [0.25, 0.3) is 5.56 Å². The van der Waals surface area contributed by atoms with E-state index in [1.165, 1.54) is 17.7 Å². The highest BCUT2D eigenvalue weighted by atomic mass is 19.4. The molecule has 2 aromatic heterocycles. The summed E-state index contributed by atoms with van der Waals surface area (Å²) >= 11 is 0. The lowest BCUT2D eigenvalue weighted by Crippen LogP contribution is -2.29. The Morgan fingerprint density at radius 1 is 1.29 bits per heavy atom.